The first-order valence-electron chi connectivity index (χ1n) is 34.5. The summed E-state index contributed by atoms with van der Waals surface area (Å²) in [5, 5.41) is 25.2. The van der Waals surface area contributed by atoms with E-state index in [2.05, 4.69) is 48.2 Å². The topological polar surface area (TPSA) is 330 Å². The van der Waals surface area contributed by atoms with Crippen LogP contribution in [0.5, 0.6) is 28.9 Å². The molecular weight excluding hydrogens is 1430 g/mol. The minimum absolute atomic E-state index is 0.0181. The van der Waals surface area contributed by atoms with Crippen LogP contribution in [0.3, 0.4) is 0 Å². The number of rotatable bonds is 27. The van der Waals surface area contributed by atoms with Gasteiger partial charge in [0.2, 0.25) is 23.6 Å². The molecule has 7 amide bonds. The van der Waals surface area contributed by atoms with Crippen molar-refractivity contribution in [2.45, 2.75) is 90.8 Å². The highest BCUT2D eigenvalue weighted by Crippen LogP contribution is 2.53. The Hall–Kier alpha value is -10.4. The Labute approximate surface area is 625 Å². The second kappa shape index (κ2) is 34.7. The number of hydrogen-bond acceptors (Lipinski definition) is 20. The summed E-state index contributed by atoms with van der Waals surface area (Å²) in [5.74, 6) is -3.08. The third-order valence-corrected chi connectivity index (χ3v) is 20.6. The molecule has 1 fully saturated rings. The number of anilines is 1. The summed E-state index contributed by atoms with van der Waals surface area (Å²) in [6.07, 6.45) is 2.85. The first-order valence-corrected chi connectivity index (χ1v) is 36.1. The average Bonchev–Trinajstić information content (AvgIpc) is 1.56. The number of nitrogens with one attached hydrogen (secondary N) is 4. The van der Waals surface area contributed by atoms with Gasteiger partial charge in [-0.25, -0.2) is 29.1 Å². The highest BCUT2D eigenvalue weighted by atomic mass is 35.5. The lowest BCUT2D eigenvalue weighted by Crippen LogP contribution is -2.58. The van der Waals surface area contributed by atoms with Crippen LogP contribution < -0.4 is 55.8 Å². The number of halogens is 3. The lowest BCUT2D eigenvalue weighted by atomic mass is 9.92. The molecule has 12 rings (SSSR count). The number of carbonyl (C=O) groups excluding carboxylic acids is 7. The Morgan fingerprint density at radius 2 is 1.58 bits per heavy atom. The number of fused-ring (bicyclic) bond motifs is 7. The van der Waals surface area contributed by atoms with Gasteiger partial charge in [0.15, 0.2) is 11.6 Å². The van der Waals surface area contributed by atoms with Crippen molar-refractivity contribution in [3.63, 3.8) is 0 Å². The van der Waals surface area contributed by atoms with E-state index in [-0.39, 0.29) is 92.8 Å². The first kappa shape index (κ1) is 76.8. The van der Waals surface area contributed by atoms with Gasteiger partial charge in [-0.1, -0.05) is 73.4 Å². The molecule has 4 aliphatic rings. The van der Waals surface area contributed by atoms with Crippen LogP contribution >= 0.6 is 34.5 Å². The Kier molecular flexibility index (Phi) is 25.1. The number of thiophene rings is 1. The molecule has 556 valence electrons. The number of ether oxygens (including phenoxy) is 6. The van der Waals surface area contributed by atoms with E-state index in [1.807, 2.05) is 50.2 Å². The van der Waals surface area contributed by atoms with Crippen LogP contribution in [0.1, 0.15) is 61.1 Å². The number of primary amides is 1. The number of benzene rings is 5. The van der Waals surface area contributed by atoms with E-state index in [9.17, 15) is 43.1 Å². The SMILES string of the molecule is COc1ccccc1-c1nccc(COc2ccc3cc2C[C@H](C(=O)[O-])Oc2ncnc4sc(-c5ccc(F)cc5)c(c24)-c2c(C)c(Cl)c(c(Cl)c2C)O[C@H](CN2CC[N+](C)(Cc4ccc(NC(=O)[C@H](CCCNC(N)=O)NC(=O)[C@@H](NC(=O)CCOCCN5C(=O)C=CC5=O)C(C)C)cc4)CC2)CO3)n1. The van der Waals surface area contributed by atoms with Crippen molar-refractivity contribution >= 4 is 92.0 Å². The normalized spacial score (nSPS) is 16.3. The van der Waals surface area contributed by atoms with Gasteiger partial charge >= 0.3 is 6.03 Å². The van der Waals surface area contributed by atoms with E-state index in [1.165, 1.54) is 41.9 Å². The van der Waals surface area contributed by atoms with Gasteiger partial charge in [0.05, 0.1) is 79.7 Å². The van der Waals surface area contributed by atoms with E-state index in [4.69, 9.17) is 62.3 Å². The lowest BCUT2D eigenvalue weighted by molar-refractivity contribution is -0.926. The zero-order valence-corrected chi connectivity index (χ0v) is 61.5. The molecule has 0 aliphatic carbocycles. The molecule has 4 bridgehead atoms. The van der Waals surface area contributed by atoms with Crippen molar-refractivity contribution < 1.29 is 76.0 Å². The fourth-order valence-electron chi connectivity index (χ4n) is 12.9. The second-order valence-corrected chi connectivity index (χ2v) is 28.3. The molecule has 0 radical (unpaired) electrons. The van der Waals surface area contributed by atoms with Gasteiger partial charge in [0.1, 0.15) is 78.3 Å². The monoisotopic (exact) mass is 1510 g/mol. The molecule has 4 atom stereocenters. The van der Waals surface area contributed by atoms with Gasteiger partial charge in [-0.05, 0) is 116 Å². The van der Waals surface area contributed by atoms with Gasteiger partial charge < -0.3 is 69.8 Å². The molecule has 30 heteroatoms. The van der Waals surface area contributed by atoms with Crippen molar-refractivity contribution in [3.05, 3.63) is 166 Å². The standard InChI is InChI=1S/C76H81Cl2FN12O14S/c1-43(2)67(88-59(92)26-34-101-35-31-90-60(93)23-24-61(90)94)72(96)87-55(11-9-27-82-76(80)99)71(95)86-50-19-13-46(14-20-50)39-91(5)32-29-89(30-33-91)38-53-41-102-52-21-22-56(103-40-51-25-28-81-70(85-51)54-10-7-8-12-57(54)100-6)48(36-52)37-58(75(97)98)105-73-64-63(62-44(3)65(77)68(104-53)66(78)45(62)4)69(106-74(64)84-42-83-73)47-15-17-49(79)18-16-47/h7-8,10,12-25,28,36,42-43,53,55,58,67H,9,11,26-27,29-35,37-41H2,1-6H3,(H6-,80,82,86,87,88,92,95,96,97,98,99)/t53-,55+,58-,67+/m1/s1. The number of carbonyl (C=O) groups is 7. The lowest BCUT2D eigenvalue weighted by Gasteiger charge is -2.43. The molecule has 1 saturated heterocycles. The van der Waals surface area contributed by atoms with E-state index in [0.29, 0.717) is 119 Å². The molecule has 8 aromatic rings. The third kappa shape index (κ3) is 18.8. The molecule has 4 aliphatic heterocycles. The van der Waals surface area contributed by atoms with Gasteiger partial charge in [-0.2, -0.15) is 0 Å². The average molecular weight is 1510 g/mol. The van der Waals surface area contributed by atoms with Crippen LogP contribution in [0.2, 0.25) is 10.0 Å². The maximum Gasteiger partial charge on any atom is 0.312 e. The second-order valence-electron chi connectivity index (χ2n) is 26.6. The van der Waals surface area contributed by atoms with Crippen LogP contribution in [0.4, 0.5) is 14.9 Å². The molecule has 5 aromatic carbocycles. The highest BCUT2D eigenvalue weighted by molar-refractivity contribution is 7.22. The van der Waals surface area contributed by atoms with Crippen LogP contribution in [-0.4, -0.2) is 180 Å². The number of piperazine rings is 1. The number of likely N-dealkylation sites (N-methyl/N-ethyl adjacent to an activating group) is 1. The predicted molar refractivity (Wildman–Crippen MR) is 394 cm³/mol. The maximum absolute atomic E-state index is 14.6. The van der Waals surface area contributed by atoms with Crippen LogP contribution in [0.25, 0.3) is 43.2 Å². The van der Waals surface area contributed by atoms with Crippen molar-refractivity contribution in [1.29, 1.82) is 0 Å². The number of carboxylic acids is 1. The molecule has 0 saturated carbocycles. The predicted octanol–water partition coefficient (Wildman–Crippen LogP) is 8.32. The van der Waals surface area contributed by atoms with E-state index < -0.39 is 71.6 Å². The number of methoxy groups -OCH3 is 1. The van der Waals surface area contributed by atoms with Crippen LogP contribution in [0, 0.1) is 25.6 Å². The van der Waals surface area contributed by atoms with Crippen LogP contribution in [-0.2, 0) is 53.1 Å². The number of nitrogens with zero attached hydrogens (tertiary/aromatic N) is 7. The summed E-state index contributed by atoms with van der Waals surface area (Å²) in [4.78, 5) is 113. The van der Waals surface area contributed by atoms with E-state index in [0.717, 1.165) is 23.6 Å². The van der Waals surface area contributed by atoms with Crippen molar-refractivity contribution in [2.75, 3.05) is 85.1 Å². The number of urea groups is 1. The van der Waals surface area contributed by atoms with Gasteiger partial charge in [-0.15, -0.1) is 11.3 Å². The summed E-state index contributed by atoms with van der Waals surface area (Å²) in [6.45, 7) is 11.0. The van der Waals surface area contributed by atoms with Gasteiger partial charge in [-0.3, -0.25) is 33.8 Å². The summed E-state index contributed by atoms with van der Waals surface area (Å²) in [6, 6.07) is 24.7. The number of aliphatic carboxylic acids is 1. The Morgan fingerprint density at radius 1 is 0.858 bits per heavy atom. The largest absolute Gasteiger partial charge is 0.546 e. The number of hydrogen-bond donors (Lipinski definition) is 5. The number of nitrogens with two attached hydrogens (primary N) is 1. The Bertz CT molecular complexity index is 4570. The summed E-state index contributed by atoms with van der Waals surface area (Å²) in [7, 11) is 3.75. The molecule has 0 spiro atoms. The number of aromatic nitrogens is 4. The number of carboxylic acid groups (broad SMARTS) is 1. The minimum atomic E-state index is -1.67. The molecule has 3 aromatic heterocycles. The quantitative estimate of drug-likeness (QED) is 0.0183. The summed E-state index contributed by atoms with van der Waals surface area (Å²) >= 11 is 16.3. The van der Waals surface area contributed by atoms with Gasteiger partial charge in [0, 0.05) is 84.6 Å². The molecule has 26 nitrogen and oxygen atoms in total. The first-order chi connectivity index (χ1) is 50.9. The highest BCUT2D eigenvalue weighted by Gasteiger charge is 2.35. The molecule has 0 unspecified atom stereocenters. The zero-order chi connectivity index (χ0) is 75.3. The fourth-order valence-corrected chi connectivity index (χ4v) is 14.5. The number of quaternary nitrogens is 1. The summed E-state index contributed by atoms with van der Waals surface area (Å²) < 4.78 is 53.1. The van der Waals surface area contributed by atoms with Crippen molar-refractivity contribution in [1.82, 2.24) is 45.7 Å². The van der Waals surface area contributed by atoms with E-state index in [1.54, 1.807) is 75.7 Å². The third-order valence-electron chi connectivity index (χ3n) is 18.6. The van der Waals surface area contributed by atoms with Crippen LogP contribution in [0.15, 0.2) is 122 Å². The Morgan fingerprint density at radius 3 is 2.28 bits per heavy atom. The number of amides is 7. The van der Waals surface area contributed by atoms with Gasteiger partial charge in [0.25, 0.3) is 11.8 Å². The Balaban J connectivity index is 0.804. The number of para-hydroxylation sites is 1. The minimum Gasteiger partial charge on any atom is -0.546 e. The molecule has 106 heavy (non-hydrogen) atoms. The van der Waals surface area contributed by atoms with Crippen molar-refractivity contribution in [3.8, 4) is 61.8 Å². The molecular formula is C76H81Cl2FN12O14S. The zero-order valence-electron chi connectivity index (χ0n) is 59.2. The fraction of sp³-hybridized carbons (Fsp3) is 0.355. The maximum atomic E-state index is 14.6. The van der Waals surface area contributed by atoms with Crippen molar-refractivity contribution in [2.24, 2.45) is 11.7 Å². The molecule has 7 heterocycles. The molecule has 6 N–H and O–H groups in total. The smallest absolute Gasteiger partial charge is 0.312 e. The van der Waals surface area contributed by atoms with E-state index >= 15 is 0 Å². The number of imide groups is 1. The summed E-state index contributed by atoms with van der Waals surface area (Å²) in [5.41, 5.74) is 11.2.